The second-order valence-corrected chi connectivity index (χ2v) is 8.43. The van der Waals surface area contributed by atoms with Crippen LogP contribution in [0.3, 0.4) is 0 Å². The van der Waals surface area contributed by atoms with E-state index in [9.17, 15) is 8.78 Å². The summed E-state index contributed by atoms with van der Waals surface area (Å²) < 4.78 is 28.7. The van der Waals surface area contributed by atoms with Crippen LogP contribution in [-0.4, -0.2) is 32.4 Å². The van der Waals surface area contributed by atoms with Crippen molar-refractivity contribution in [2.45, 2.75) is 25.3 Å². The van der Waals surface area contributed by atoms with E-state index in [2.05, 4.69) is 16.0 Å². The minimum absolute atomic E-state index is 0.279. The third kappa shape index (κ3) is 4.18. The molecule has 1 aromatic carbocycles. The molecule has 1 saturated heterocycles. The summed E-state index contributed by atoms with van der Waals surface area (Å²) in [5, 5.41) is 0.642. The molecule has 1 aliphatic rings. The summed E-state index contributed by atoms with van der Waals surface area (Å²) in [4.78, 5) is 11.7. The maximum absolute atomic E-state index is 13.6. The van der Waals surface area contributed by atoms with E-state index in [1.807, 2.05) is 41.1 Å². The highest BCUT2D eigenvalue weighted by molar-refractivity contribution is 6.30. The van der Waals surface area contributed by atoms with Gasteiger partial charge in [0.05, 0.1) is 22.6 Å². The lowest BCUT2D eigenvalue weighted by atomic mass is 9.93. The van der Waals surface area contributed by atoms with Crippen molar-refractivity contribution < 1.29 is 8.78 Å². The normalized spacial score (nSPS) is 17.3. The Morgan fingerprint density at radius 3 is 2.84 bits per heavy atom. The van der Waals surface area contributed by atoms with E-state index in [1.165, 1.54) is 12.1 Å². The molecule has 0 N–H and O–H groups in total. The van der Waals surface area contributed by atoms with Gasteiger partial charge in [0, 0.05) is 30.9 Å². The van der Waals surface area contributed by atoms with Crippen LogP contribution in [0.25, 0.3) is 17.0 Å². The van der Waals surface area contributed by atoms with Crippen LogP contribution < -0.4 is 0 Å². The van der Waals surface area contributed by atoms with Gasteiger partial charge in [0.15, 0.2) is 11.6 Å². The Labute approximate surface area is 184 Å². The molecule has 0 bridgehead atoms. The summed E-state index contributed by atoms with van der Waals surface area (Å²) in [6.45, 7) is 2.36. The molecule has 0 amide bonds. The zero-order valence-corrected chi connectivity index (χ0v) is 17.6. The fourth-order valence-corrected chi connectivity index (χ4v) is 4.46. The van der Waals surface area contributed by atoms with Crippen molar-refractivity contribution in [3.05, 3.63) is 88.8 Å². The molecule has 4 aromatic rings. The van der Waals surface area contributed by atoms with E-state index in [4.69, 9.17) is 16.6 Å². The molecule has 1 fully saturated rings. The van der Waals surface area contributed by atoms with E-state index in [-0.39, 0.29) is 5.92 Å². The molecule has 1 atom stereocenters. The topological polar surface area (TPSA) is 33.4 Å². The lowest BCUT2D eigenvalue weighted by Gasteiger charge is -2.32. The number of aromatic nitrogens is 3. The summed E-state index contributed by atoms with van der Waals surface area (Å²) in [7, 11) is 0. The van der Waals surface area contributed by atoms with E-state index in [0.29, 0.717) is 11.6 Å². The van der Waals surface area contributed by atoms with Crippen LogP contribution in [0.2, 0.25) is 5.02 Å². The molecule has 3 aromatic heterocycles. The first-order valence-electron chi connectivity index (χ1n) is 10.3. The lowest BCUT2D eigenvalue weighted by Crippen LogP contribution is -2.34. The summed E-state index contributed by atoms with van der Waals surface area (Å²) in [5.41, 5.74) is 4.38. The fraction of sp³-hybridized carbons (Fsp3) is 0.250. The number of pyridine rings is 2. The molecule has 0 spiro atoms. The Kier molecular flexibility index (Phi) is 5.42. The standard InChI is InChI=1S/C24H21ClF2N4/c25-18-7-9-24-28-12-23(31(24)15-18)22-5-1-4-21(29-22)17-3-2-10-30(14-17)13-16-6-8-19(26)20(27)11-16/h1,4-9,11-12,15,17H,2-3,10,13-14H2. The molecule has 4 heterocycles. The van der Waals surface area contributed by atoms with Gasteiger partial charge in [-0.3, -0.25) is 14.3 Å². The minimum Gasteiger partial charge on any atom is -0.298 e. The molecular formula is C24H21ClF2N4. The number of nitrogens with zero attached hydrogens (tertiary/aromatic N) is 4. The zero-order chi connectivity index (χ0) is 21.4. The van der Waals surface area contributed by atoms with Crippen molar-refractivity contribution in [2.75, 3.05) is 13.1 Å². The molecule has 4 nitrogen and oxygen atoms in total. The molecule has 0 radical (unpaired) electrons. The van der Waals surface area contributed by atoms with E-state index in [0.717, 1.165) is 54.2 Å². The average Bonchev–Trinajstić information content (AvgIpc) is 3.20. The predicted molar refractivity (Wildman–Crippen MR) is 117 cm³/mol. The van der Waals surface area contributed by atoms with Gasteiger partial charge in [-0.05, 0) is 61.3 Å². The van der Waals surface area contributed by atoms with Crippen molar-refractivity contribution in [1.82, 2.24) is 19.3 Å². The Morgan fingerprint density at radius 2 is 1.97 bits per heavy atom. The number of imidazole rings is 1. The Hall–Kier alpha value is -2.83. The highest BCUT2D eigenvalue weighted by Gasteiger charge is 2.23. The fourth-order valence-electron chi connectivity index (χ4n) is 4.30. The number of hydrogen-bond donors (Lipinski definition) is 0. The first kappa shape index (κ1) is 20.1. The lowest BCUT2D eigenvalue weighted by molar-refractivity contribution is 0.198. The second kappa shape index (κ2) is 8.36. The number of likely N-dealkylation sites (tertiary alicyclic amines) is 1. The first-order valence-corrected chi connectivity index (χ1v) is 10.7. The van der Waals surface area contributed by atoms with Crippen molar-refractivity contribution in [3.63, 3.8) is 0 Å². The number of hydrogen-bond acceptors (Lipinski definition) is 3. The first-order chi connectivity index (χ1) is 15.1. The van der Waals surface area contributed by atoms with E-state index < -0.39 is 11.6 Å². The van der Waals surface area contributed by atoms with Gasteiger partial charge in [0.1, 0.15) is 5.65 Å². The third-order valence-electron chi connectivity index (χ3n) is 5.82. The summed E-state index contributed by atoms with van der Waals surface area (Å²) in [6.07, 6.45) is 5.74. The largest absolute Gasteiger partial charge is 0.298 e. The van der Waals surface area contributed by atoms with Gasteiger partial charge in [-0.1, -0.05) is 23.7 Å². The molecule has 1 unspecified atom stereocenters. The highest BCUT2D eigenvalue weighted by atomic mass is 35.5. The Morgan fingerprint density at radius 1 is 1.06 bits per heavy atom. The smallest absolute Gasteiger partial charge is 0.159 e. The SMILES string of the molecule is Fc1ccc(CN2CCCC(c3cccc(-c4cnc5ccc(Cl)cn45)n3)C2)cc1F. The van der Waals surface area contributed by atoms with Crippen LogP contribution in [0.15, 0.2) is 60.9 Å². The van der Waals surface area contributed by atoms with Crippen LogP contribution in [0.4, 0.5) is 8.78 Å². The van der Waals surface area contributed by atoms with Crippen LogP contribution in [0, 0.1) is 11.6 Å². The van der Waals surface area contributed by atoms with Crippen molar-refractivity contribution in [2.24, 2.45) is 0 Å². The molecule has 158 valence electrons. The van der Waals surface area contributed by atoms with Crippen molar-refractivity contribution in [3.8, 4) is 11.4 Å². The maximum atomic E-state index is 13.6. The third-order valence-corrected chi connectivity index (χ3v) is 6.04. The van der Waals surface area contributed by atoms with E-state index in [1.54, 1.807) is 6.07 Å². The highest BCUT2D eigenvalue weighted by Crippen LogP contribution is 2.29. The van der Waals surface area contributed by atoms with Gasteiger partial charge in [-0.25, -0.2) is 13.8 Å². The second-order valence-electron chi connectivity index (χ2n) is 7.99. The van der Waals surface area contributed by atoms with Crippen LogP contribution >= 0.6 is 11.6 Å². The van der Waals surface area contributed by atoms with Gasteiger partial charge in [-0.15, -0.1) is 0 Å². The molecule has 0 saturated carbocycles. The number of halogens is 3. The molecule has 1 aliphatic heterocycles. The van der Waals surface area contributed by atoms with Gasteiger partial charge < -0.3 is 0 Å². The zero-order valence-electron chi connectivity index (χ0n) is 16.8. The summed E-state index contributed by atoms with van der Waals surface area (Å²) in [6, 6.07) is 13.9. The predicted octanol–water partition coefficient (Wildman–Crippen LogP) is 5.71. The van der Waals surface area contributed by atoms with Gasteiger partial charge >= 0.3 is 0 Å². The average molecular weight is 439 g/mol. The quantitative estimate of drug-likeness (QED) is 0.409. The summed E-state index contributed by atoms with van der Waals surface area (Å²) in [5.74, 6) is -1.33. The van der Waals surface area contributed by atoms with Gasteiger partial charge in [-0.2, -0.15) is 0 Å². The molecule has 5 rings (SSSR count). The molecule has 0 aliphatic carbocycles. The maximum Gasteiger partial charge on any atom is 0.159 e. The molecule has 7 heteroatoms. The number of benzene rings is 1. The monoisotopic (exact) mass is 438 g/mol. The van der Waals surface area contributed by atoms with Crippen molar-refractivity contribution in [1.29, 1.82) is 0 Å². The number of rotatable bonds is 4. The minimum atomic E-state index is -0.810. The number of piperidine rings is 1. The molecular weight excluding hydrogens is 418 g/mol. The van der Waals surface area contributed by atoms with Gasteiger partial charge in [0.2, 0.25) is 0 Å². The molecule has 31 heavy (non-hydrogen) atoms. The van der Waals surface area contributed by atoms with Gasteiger partial charge in [0.25, 0.3) is 0 Å². The Bertz CT molecular complexity index is 1240. The summed E-state index contributed by atoms with van der Waals surface area (Å²) >= 11 is 6.17. The number of fused-ring (bicyclic) bond motifs is 1. The van der Waals surface area contributed by atoms with Crippen molar-refractivity contribution >= 4 is 17.2 Å². The Balaban J connectivity index is 1.37. The van der Waals surface area contributed by atoms with Crippen LogP contribution in [-0.2, 0) is 6.54 Å². The van der Waals surface area contributed by atoms with Crippen LogP contribution in [0.1, 0.15) is 30.0 Å². The van der Waals surface area contributed by atoms with E-state index >= 15 is 0 Å². The van der Waals surface area contributed by atoms with Crippen LogP contribution in [0.5, 0.6) is 0 Å².